The Bertz CT molecular complexity index is 836. The third-order valence-corrected chi connectivity index (χ3v) is 4.31. The Morgan fingerprint density at radius 1 is 1.39 bits per heavy atom. The lowest BCUT2D eigenvalue weighted by atomic mass is 10.1. The summed E-state index contributed by atoms with van der Waals surface area (Å²) in [6.45, 7) is 5.07. The zero-order valence-electron chi connectivity index (χ0n) is 12.7. The van der Waals surface area contributed by atoms with Crippen molar-refractivity contribution in [3.63, 3.8) is 0 Å². The van der Waals surface area contributed by atoms with Crippen LogP contribution in [0.5, 0.6) is 0 Å². The van der Waals surface area contributed by atoms with Crippen molar-refractivity contribution in [2.75, 3.05) is 5.48 Å². The van der Waals surface area contributed by atoms with Gasteiger partial charge in [-0.3, -0.25) is 15.1 Å². The number of pyridine rings is 1. The van der Waals surface area contributed by atoms with Crippen molar-refractivity contribution in [1.82, 2.24) is 4.57 Å². The number of aromatic carboxylic acids is 1. The van der Waals surface area contributed by atoms with E-state index >= 15 is 0 Å². The zero-order valence-corrected chi connectivity index (χ0v) is 13.6. The van der Waals surface area contributed by atoms with Crippen LogP contribution in [0.15, 0.2) is 17.1 Å². The third kappa shape index (κ3) is 3.20. The van der Waals surface area contributed by atoms with Crippen LogP contribution in [-0.2, 0) is 16.2 Å². The van der Waals surface area contributed by atoms with Gasteiger partial charge < -0.3 is 14.8 Å². The first-order chi connectivity index (χ1) is 10.7. The molecule has 0 saturated heterocycles. The second-order valence-electron chi connectivity index (χ2n) is 5.31. The average Bonchev–Trinajstić information content (AvgIpc) is 2.90. The molecule has 0 aliphatic heterocycles. The summed E-state index contributed by atoms with van der Waals surface area (Å²) in [6, 6.07) is 1.46. The molecule has 0 radical (unpaired) electrons. The molecular formula is C14H16N2O6S. The molecule has 9 heteroatoms. The lowest BCUT2D eigenvalue weighted by Crippen LogP contribution is -2.36. The zero-order chi connectivity index (χ0) is 17.4. The first-order valence-electron chi connectivity index (χ1n) is 6.75. The van der Waals surface area contributed by atoms with Crippen LogP contribution in [0.25, 0.3) is 10.2 Å². The van der Waals surface area contributed by atoms with Gasteiger partial charge in [0.25, 0.3) is 0 Å². The van der Waals surface area contributed by atoms with E-state index in [0.717, 1.165) is 0 Å². The van der Waals surface area contributed by atoms with Crippen LogP contribution in [0.4, 0.5) is 5.00 Å². The molecule has 124 valence electrons. The van der Waals surface area contributed by atoms with Crippen LogP contribution in [0.3, 0.4) is 0 Å². The maximum Gasteiger partial charge on any atom is 0.341 e. The lowest BCUT2D eigenvalue weighted by Gasteiger charge is -2.19. The molecule has 0 aliphatic carbocycles. The number of carboxylic acids is 2. The molecule has 0 amide bonds. The first kappa shape index (κ1) is 17.0. The highest BCUT2D eigenvalue weighted by atomic mass is 32.1. The molecule has 0 spiro atoms. The predicted molar refractivity (Wildman–Crippen MR) is 85.1 cm³/mol. The highest BCUT2D eigenvalue weighted by Crippen LogP contribution is 2.29. The van der Waals surface area contributed by atoms with Crippen LogP contribution < -0.4 is 10.9 Å². The lowest BCUT2D eigenvalue weighted by molar-refractivity contribution is -0.157. The number of nitrogens with one attached hydrogen (secondary N) is 1. The fraction of sp³-hybridized carbons (Fsp3) is 0.357. The monoisotopic (exact) mass is 340 g/mol. The van der Waals surface area contributed by atoms with E-state index in [1.807, 2.05) is 6.92 Å². The number of thiophene rings is 1. The summed E-state index contributed by atoms with van der Waals surface area (Å²) < 4.78 is 1.65. The van der Waals surface area contributed by atoms with E-state index in [-0.39, 0.29) is 10.9 Å². The summed E-state index contributed by atoms with van der Waals surface area (Å²) in [5.41, 5.74) is 0.172. The number of hydrogen-bond donors (Lipinski definition) is 3. The summed E-state index contributed by atoms with van der Waals surface area (Å²) in [5, 5.41) is 18.8. The Kier molecular flexibility index (Phi) is 4.44. The van der Waals surface area contributed by atoms with Crippen molar-refractivity contribution in [2.45, 2.75) is 32.9 Å². The minimum Gasteiger partial charge on any atom is -0.479 e. The molecular weight excluding hydrogens is 324 g/mol. The second-order valence-corrected chi connectivity index (χ2v) is 6.34. The van der Waals surface area contributed by atoms with Crippen LogP contribution >= 0.6 is 11.3 Å². The molecule has 0 aliphatic rings. The number of hydrogen-bond acceptors (Lipinski definition) is 6. The summed E-state index contributed by atoms with van der Waals surface area (Å²) in [7, 11) is 0. The Hall–Kier alpha value is -2.39. The molecule has 0 atom stereocenters. The normalized spacial score (nSPS) is 11.6. The van der Waals surface area contributed by atoms with E-state index in [2.05, 4.69) is 5.48 Å². The van der Waals surface area contributed by atoms with E-state index in [1.54, 1.807) is 4.57 Å². The minimum atomic E-state index is -1.45. The molecule has 0 bridgehead atoms. The predicted octanol–water partition coefficient (Wildman–Crippen LogP) is 1.99. The van der Waals surface area contributed by atoms with E-state index in [1.165, 1.54) is 37.4 Å². The second kappa shape index (κ2) is 6.01. The van der Waals surface area contributed by atoms with Gasteiger partial charge in [-0.2, -0.15) is 0 Å². The molecule has 0 fully saturated rings. The van der Waals surface area contributed by atoms with E-state index in [9.17, 15) is 14.4 Å². The number of rotatable bonds is 6. The molecule has 0 aromatic carbocycles. The maximum absolute atomic E-state index is 12.2. The van der Waals surface area contributed by atoms with Crippen molar-refractivity contribution >= 4 is 38.5 Å². The van der Waals surface area contributed by atoms with Gasteiger partial charge in [-0.1, -0.05) is 11.3 Å². The highest BCUT2D eigenvalue weighted by molar-refractivity contribution is 7.22. The average molecular weight is 340 g/mol. The molecule has 2 aromatic rings. The Morgan fingerprint density at radius 3 is 2.57 bits per heavy atom. The summed E-state index contributed by atoms with van der Waals surface area (Å²) in [4.78, 5) is 40.1. The van der Waals surface area contributed by atoms with Gasteiger partial charge >= 0.3 is 11.9 Å². The van der Waals surface area contributed by atoms with Crippen molar-refractivity contribution in [2.24, 2.45) is 0 Å². The molecule has 2 aromatic heterocycles. The summed E-state index contributed by atoms with van der Waals surface area (Å²) >= 11 is 1.18. The van der Waals surface area contributed by atoms with Crippen molar-refractivity contribution in [3.05, 3.63) is 28.0 Å². The first-order valence-corrected chi connectivity index (χ1v) is 7.56. The summed E-state index contributed by atoms with van der Waals surface area (Å²) in [5.74, 6) is -2.43. The van der Waals surface area contributed by atoms with Crippen molar-refractivity contribution in [3.8, 4) is 0 Å². The van der Waals surface area contributed by atoms with Gasteiger partial charge in [-0.05, 0) is 26.8 Å². The van der Waals surface area contributed by atoms with Gasteiger partial charge in [0.05, 0.1) is 5.39 Å². The fourth-order valence-corrected chi connectivity index (χ4v) is 2.86. The van der Waals surface area contributed by atoms with Crippen LogP contribution in [0.2, 0.25) is 0 Å². The number of aryl methyl sites for hydroxylation is 1. The molecule has 0 saturated carbocycles. The van der Waals surface area contributed by atoms with Gasteiger partial charge in [-0.15, -0.1) is 0 Å². The Labute approximate surface area is 134 Å². The minimum absolute atomic E-state index is 0.246. The van der Waals surface area contributed by atoms with E-state index in [0.29, 0.717) is 16.4 Å². The van der Waals surface area contributed by atoms with Gasteiger partial charge in [0.1, 0.15) is 15.4 Å². The molecule has 3 N–H and O–H groups in total. The Morgan fingerprint density at radius 2 is 2.04 bits per heavy atom. The number of anilines is 1. The number of aliphatic carboxylic acids is 1. The maximum atomic E-state index is 12.2. The molecule has 23 heavy (non-hydrogen) atoms. The summed E-state index contributed by atoms with van der Waals surface area (Å²) in [6.07, 6.45) is 1.30. The smallest absolute Gasteiger partial charge is 0.341 e. The third-order valence-electron chi connectivity index (χ3n) is 3.24. The molecule has 8 nitrogen and oxygen atoms in total. The number of aromatic nitrogens is 1. The van der Waals surface area contributed by atoms with Crippen LogP contribution in [0.1, 0.15) is 31.1 Å². The van der Waals surface area contributed by atoms with Crippen molar-refractivity contribution in [1.29, 1.82) is 0 Å². The number of fused-ring (bicyclic) bond motifs is 1. The molecule has 0 unspecified atom stereocenters. The standard InChI is InChI=1S/C14H16N2O6S/c1-4-16-6-8(12(18)19)10(17)7-5-9(23-11(7)16)15-22-14(2,3)13(20)21/h5-6,15H,4H2,1-3H3,(H,18,19)(H,20,21). The van der Waals surface area contributed by atoms with Gasteiger partial charge in [0, 0.05) is 12.7 Å². The number of nitrogens with zero attached hydrogens (tertiary/aromatic N) is 1. The number of carbonyl (C=O) groups is 2. The van der Waals surface area contributed by atoms with Gasteiger partial charge in [0.15, 0.2) is 5.60 Å². The van der Waals surface area contributed by atoms with Crippen LogP contribution in [-0.4, -0.2) is 32.3 Å². The topological polar surface area (TPSA) is 118 Å². The Balaban J connectivity index is 2.46. The number of carboxylic acid groups (broad SMARTS) is 2. The fourth-order valence-electron chi connectivity index (χ4n) is 1.83. The van der Waals surface area contributed by atoms with E-state index < -0.39 is 23.0 Å². The van der Waals surface area contributed by atoms with Crippen molar-refractivity contribution < 1.29 is 24.6 Å². The largest absolute Gasteiger partial charge is 0.479 e. The molecule has 2 rings (SSSR count). The highest BCUT2D eigenvalue weighted by Gasteiger charge is 2.29. The van der Waals surface area contributed by atoms with Crippen LogP contribution in [0, 0.1) is 0 Å². The molecule has 2 heterocycles. The van der Waals surface area contributed by atoms with Gasteiger partial charge in [-0.25, -0.2) is 9.59 Å². The quantitative estimate of drug-likeness (QED) is 0.688. The van der Waals surface area contributed by atoms with E-state index in [4.69, 9.17) is 15.1 Å². The SMILES string of the molecule is CCn1cc(C(=O)O)c(=O)c2cc(NOC(C)(C)C(=O)O)sc21. The van der Waals surface area contributed by atoms with Gasteiger partial charge in [0.2, 0.25) is 5.43 Å².